The highest BCUT2D eigenvalue weighted by Gasteiger charge is 2.30. The van der Waals surface area contributed by atoms with E-state index in [-0.39, 0.29) is 24.0 Å². The van der Waals surface area contributed by atoms with Crippen LogP contribution in [0.15, 0.2) is 35.3 Å². The zero-order chi connectivity index (χ0) is 19.1. The number of nitrogens with one attached hydrogen (secondary N) is 2. The SMILES string of the molecule is CCNC(=NCC(c1ccccc1)N(C)C)NC1CCN(C2CCCC2)C1.I. The van der Waals surface area contributed by atoms with E-state index in [4.69, 9.17) is 4.99 Å². The van der Waals surface area contributed by atoms with Crippen molar-refractivity contribution in [2.75, 3.05) is 40.3 Å². The minimum atomic E-state index is 0. The van der Waals surface area contributed by atoms with Crippen molar-refractivity contribution in [3.63, 3.8) is 0 Å². The molecule has 2 fully saturated rings. The number of hydrogen-bond acceptors (Lipinski definition) is 3. The number of rotatable bonds is 7. The third-order valence-electron chi connectivity index (χ3n) is 5.98. The molecule has 1 heterocycles. The number of likely N-dealkylation sites (N-methyl/N-ethyl adjacent to an activating group) is 1. The molecular formula is C22H38IN5. The Kier molecular flexibility index (Phi) is 10.0. The van der Waals surface area contributed by atoms with Gasteiger partial charge >= 0.3 is 0 Å². The summed E-state index contributed by atoms with van der Waals surface area (Å²) in [4.78, 5) is 9.88. The fraction of sp³-hybridized carbons (Fsp3) is 0.682. The van der Waals surface area contributed by atoms with Crippen molar-refractivity contribution >= 4 is 29.9 Å². The number of benzene rings is 1. The first-order valence-electron chi connectivity index (χ1n) is 10.7. The zero-order valence-electron chi connectivity index (χ0n) is 17.7. The fourth-order valence-electron chi connectivity index (χ4n) is 4.44. The lowest BCUT2D eigenvalue weighted by atomic mass is 10.1. The molecule has 1 aromatic carbocycles. The predicted octanol–water partition coefficient (Wildman–Crippen LogP) is 3.48. The maximum absolute atomic E-state index is 4.93. The molecule has 0 radical (unpaired) electrons. The van der Waals surface area contributed by atoms with Crippen molar-refractivity contribution < 1.29 is 0 Å². The van der Waals surface area contributed by atoms with Gasteiger partial charge in [0.1, 0.15) is 0 Å². The number of nitrogens with zero attached hydrogens (tertiary/aromatic N) is 3. The van der Waals surface area contributed by atoms with Gasteiger partial charge < -0.3 is 15.5 Å². The topological polar surface area (TPSA) is 42.9 Å². The second-order valence-corrected chi connectivity index (χ2v) is 8.17. The first kappa shape index (κ1) is 23.4. The van der Waals surface area contributed by atoms with Crippen molar-refractivity contribution in [3.05, 3.63) is 35.9 Å². The molecule has 2 aliphatic rings. The van der Waals surface area contributed by atoms with Gasteiger partial charge in [-0.1, -0.05) is 43.2 Å². The summed E-state index contributed by atoms with van der Waals surface area (Å²) in [5.74, 6) is 0.957. The molecule has 158 valence electrons. The van der Waals surface area contributed by atoms with E-state index in [2.05, 4.69) is 71.8 Å². The number of aliphatic imine (C=N–C) groups is 1. The number of halogens is 1. The Morgan fingerprint density at radius 2 is 1.89 bits per heavy atom. The molecule has 5 nitrogen and oxygen atoms in total. The summed E-state index contributed by atoms with van der Waals surface area (Å²) in [7, 11) is 4.26. The van der Waals surface area contributed by atoms with E-state index in [9.17, 15) is 0 Å². The third-order valence-corrected chi connectivity index (χ3v) is 5.98. The van der Waals surface area contributed by atoms with Gasteiger partial charge in [-0.15, -0.1) is 24.0 Å². The van der Waals surface area contributed by atoms with Crippen molar-refractivity contribution in [1.82, 2.24) is 20.4 Å². The lowest BCUT2D eigenvalue weighted by molar-refractivity contribution is 0.242. The van der Waals surface area contributed by atoms with Crippen LogP contribution in [0.4, 0.5) is 0 Å². The van der Waals surface area contributed by atoms with Crippen LogP contribution in [0.3, 0.4) is 0 Å². The van der Waals surface area contributed by atoms with E-state index in [0.29, 0.717) is 12.1 Å². The van der Waals surface area contributed by atoms with E-state index in [0.717, 1.165) is 31.6 Å². The number of guanidine groups is 1. The second kappa shape index (κ2) is 12.0. The average molecular weight is 499 g/mol. The summed E-state index contributed by atoms with van der Waals surface area (Å²) >= 11 is 0. The Balaban J connectivity index is 0.00000280. The van der Waals surface area contributed by atoms with Crippen LogP contribution in [-0.4, -0.2) is 68.1 Å². The van der Waals surface area contributed by atoms with Gasteiger partial charge in [-0.2, -0.15) is 0 Å². The molecule has 0 bridgehead atoms. The molecule has 2 unspecified atom stereocenters. The molecule has 6 heteroatoms. The van der Waals surface area contributed by atoms with Crippen LogP contribution in [0.25, 0.3) is 0 Å². The van der Waals surface area contributed by atoms with Crippen LogP contribution in [0.5, 0.6) is 0 Å². The zero-order valence-corrected chi connectivity index (χ0v) is 20.1. The number of likely N-dealkylation sites (tertiary alicyclic amines) is 1. The van der Waals surface area contributed by atoms with E-state index >= 15 is 0 Å². The largest absolute Gasteiger partial charge is 0.357 e. The van der Waals surface area contributed by atoms with E-state index in [1.807, 2.05) is 0 Å². The van der Waals surface area contributed by atoms with Crippen LogP contribution < -0.4 is 10.6 Å². The van der Waals surface area contributed by atoms with Gasteiger partial charge in [-0.25, -0.2) is 0 Å². The van der Waals surface area contributed by atoms with Gasteiger partial charge in [0.15, 0.2) is 5.96 Å². The molecule has 2 atom stereocenters. The first-order valence-corrected chi connectivity index (χ1v) is 10.7. The van der Waals surface area contributed by atoms with Crippen molar-refractivity contribution in [2.45, 2.75) is 57.2 Å². The lowest BCUT2D eigenvalue weighted by Gasteiger charge is -2.25. The Labute approximate surface area is 188 Å². The summed E-state index contributed by atoms with van der Waals surface area (Å²) in [6.45, 7) is 6.17. The van der Waals surface area contributed by atoms with Crippen LogP contribution in [0.2, 0.25) is 0 Å². The van der Waals surface area contributed by atoms with Gasteiger partial charge in [0.05, 0.1) is 12.6 Å². The highest BCUT2D eigenvalue weighted by Crippen LogP contribution is 2.26. The molecule has 0 amide bonds. The van der Waals surface area contributed by atoms with Crippen molar-refractivity contribution in [2.24, 2.45) is 4.99 Å². The fourth-order valence-corrected chi connectivity index (χ4v) is 4.44. The standard InChI is InChI=1S/C22H37N5.HI/c1-4-23-22(24-16-21(26(2)3)18-10-6-5-7-11-18)25-19-14-15-27(17-19)20-12-8-9-13-20;/h5-7,10-11,19-21H,4,8-9,12-17H2,1-3H3,(H2,23,24,25);1H. The Bertz CT molecular complexity index is 586. The smallest absolute Gasteiger partial charge is 0.191 e. The van der Waals surface area contributed by atoms with E-state index < -0.39 is 0 Å². The third kappa shape index (κ3) is 6.59. The van der Waals surface area contributed by atoms with Crippen LogP contribution in [0.1, 0.15) is 50.6 Å². The highest BCUT2D eigenvalue weighted by molar-refractivity contribution is 14.0. The van der Waals surface area contributed by atoms with Crippen molar-refractivity contribution in [3.8, 4) is 0 Å². The summed E-state index contributed by atoms with van der Waals surface area (Å²) in [5, 5.41) is 7.14. The maximum atomic E-state index is 4.93. The molecule has 3 rings (SSSR count). The summed E-state index contributed by atoms with van der Waals surface area (Å²) in [6, 6.07) is 12.3. The quantitative estimate of drug-likeness (QED) is 0.343. The Hall–Kier alpha value is -0.860. The van der Waals surface area contributed by atoms with Crippen molar-refractivity contribution in [1.29, 1.82) is 0 Å². The van der Waals surface area contributed by atoms with E-state index in [1.165, 1.54) is 44.2 Å². The molecule has 0 aromatic heterocycles. The minimum Gasteiger partial charge on any atom is -0.357 e. The molecule has 1 saturated carbocycles. The molecule has 1 aliphatic heterocycles. The Morgan fingerprint density at radius 1 is 1.18 bits per heavy atom. The number of hydrogen-bond donors (Lipinski definition) is 2. The lowest BCUT2D eigenvalue weighted by Crippen LogP contribution is -2.45. The first-order chi connectivity index (χ1) is 13.2. The molecule has 1 aliphatic carbocycles. The second-order valence-electron chi connectivity index (χ2n) is 8.17. The van der Waals surface area contributed by atoms with E-state index in [1.54, 1.807) is 0 Å². The van der Waals surface area contributed by atoms with Gasteiger partial charge in [-0.05, 0) is 45.8 Å². The van der Waals surface area contributed by atoms with Crippen LogP contribution >= 0.6 is 24.0 Å². The molecule has 1 aromatic rings. The van der Waals surface area contributed by atoms with Gasteiger partial charge in [0.2, 0.25) is 0 Å². The Morgan fingerprint density at radius 3 is 2.54 bits per heavy atom. The monoisotopic (exact) mass is 499 g/mol. The van der Waals surface area contributed by atoms with Gasteiger partial charge in [-0.3, -0.25) is 9.89 Å². The normalized spacial score (nSPS) is 22.3. The molecule has 2 N–H and O–H groups in total. The summed E-state index contributed by atoms with van der Waals surface area (Å²) < 4.78 is 0. The summed E-state index contributed by atoms with van der Waals surface area (Å²) in [6.07, 6.45) is 6.82. The molecule has 1 saturated heterocycles. The van der Waals surface area contributed by atoms with Gasteiger partial charge in [0.25, 0.3) is 0 Å². The van der Waals surface area contributed by atoms with Crippen LogP contribution in [-0.2, 0) is 0 Å². The average Bonchev–Trinajstić information content (AvgIpc) is 3.34. The molecule has 0 spiro atoms. The predicted molar refractivity (Wildman–Crippen MR) is 130 cm³/mol. The molecule has 28 heavy (non-hydrogen) atoms. The minimum absolute atomic E-state index is 0. The van der Waals surface area contributed by atoms with Gasteiger partial charge in [0, 0.05) is 31.7 Å². The maximum Gasteiger partial charge on any atom is 0.191 e. The van der Waals surface area contributed by atoms with Crippen LogP contribution in [0, 0.1) is 0 Å². The summed E-state index contributed by atoms with van der Waals surface area (Å²) in [5.41, 5.74) is 1.32. The highest BCUT2D eigenvalue weighted by atomic mass is 127. The molecular weight excluding hydrogens is 461 g/mol.